The Morgan fingerprint density at radius 3 is 2.87 bits per heavy atom. The van der Waals surface area contributed by atoms with Gasteiger partial charge in [0.2, 0.25) is 0 Å². The van der Waals surface area contributed by atoms with Gasteiger partial charge in [-0.25, -0.2) is 4.39 Å². The monoisotopic (exact) mass is 207 g/mol. The first-order chi connectivity index (χ1) is 7.22. The SMILES string of the molecule is CCOCc1cc2ccc(F)cc2n1C. The van der Waals surface area contributed by atoms with E-state index in [1.807, 2.05) is 24.6 Å². The van der Waals surface area contributed by atoms with Crippen LogP contribution in [0.15, 0.2) is 24.3 Å². The summed E-state index contributed by atoms with van der Waals surface area (Å²) in [5.41, 5.74) is 1.97. The van der Waals surface area contributed by atoms with Gasteiger partial charge < -0.3 is 9.30 Å². The van der Waals surface area contributed by atoms with Gasteiger partial charge in [-0.05, 0) is 31.2 Å². The van der Waals surface area contributed by atoms with Crippen LogP contribution in [0.4, 0.5) is 4.39 Å². The number of aryl methyl sites for hydroxylation is 1. The Bertz CT molecular complexity index is 476. The Morgan fingerprint density at radius 1 is 1.33 bits per heavy atom. The maximum atomic E-state index is 13.0. The zero-order valence-corrected chi connectivity index (χ0v) is 8.96. The average molecular weight is 207 g/mol. The third kappa shape index (κ3) is 1.88. The van der Waals surface area contributed by atoms with Crippen LogP contribution in [0, 0.1) is 5.82 Å². The predicted octanol–water partition coefficient (Wildman–Crippen LogP) is 2.85. The summed E-state index contributed by atoms with van der Waals surface area (Å²) in [5, 5.41) is 1.05. The van der Waals surface area contributed by atoms with Crippen LogP contribution in [0.2, 0.25) is 0 Å². The molecule has 0 amide bonds. The van der Waals surface area contributed by atoms with Crippen LogP contribution in [0.25, 0.3) is 10.9 Å². The minimum Gasteiger partial charge on any atom is -0.376 e. The van der Waals surface area contributed by atoms with Crippen molar-refractivity contribution in [3.05, 3.63) is 35.8 Å². The number of rotatable bonds is 3. The largest absolute Gasteiger partial charge is 0.376 e. The molecule has 15 heavy (non-hydrogen) atoms. The third-order valence-electron chi connectivity index (χ3n) is 2.56. The summed E-state index contributed by atoms with van der Waals surface area (Å²) in [7, 11) is 1.93. The van der Waals surface area contributed by atoms with E-state index in [0.717, 1.165) is 16.6 Å². The van der Waals surface area contributed by atoms with Gasteiger partial charge in [0.05, 0.1) is 12.1 Å². The summed E-state index contributed by atoms with van der Waals surface area (Å²) in [6.07, 6.45) is 0. The minimum atomic E-state index is -0.202. The van der Waals surface area contributed by atoms with Gasteiger partial charge in [-0.3, -0.25) is 0 Å². The fourth-order valence-electron chi connectivity index (χ4n) is 1.71. The third-order valence-corrected chi connectivity index (χ3v) is 2.56. The van der Waals surface area contributed by atoms with Crippen molar-refractivity contribution in [3.63, 3.8) is 0 Å². The lowest BCUT2D eigenvalue weighted by Gasteiger charge is -2.03. The smallest absolute Gasteiger partial charge is 0.125 e. The van der Waals surface area contributed by atoms with E-state index in [9.17, 15) is 4.39 Å². The second kappa shape index (κ2) is 4.03. The Balaban J connectivity index is 2.45. The molecule has 0 N–H and O–H groups in total. The maximum absolute atomic E-state index is 13.0. The summed E-state index contributed by atoms with van der Waals surface area (Å²) < 4.78 is 20.3. The molecule has 0 aliphatic rings. The fourth-order valence-corrected chi connectivity index (χ4v) is 1.71. The van der Waals surface area contributed by atoms with Crippen LogP contribution >= 0.6 is 0 Å². The van der Waals surface area contributed by atoms with Gasteiger partial charge in [0.15, 0.2) is 0 Å². The van der Waals surface area contributed by atoms with Crippen LogP contribution in [0.3, 0.4) is 0 Å². The normalized spacial score (nSPS) is 11.1. The summed E-state index contributed by atoms with van der Waals surface area (Å²) in [5.74, 6) is -0.202. The highest BCUT2D eigenvalue weighted by molar-refractivity contribution is 5.81. The van der Waals surface area contributed by atoms with E-state index in [1.54, 1.807) is 12.1 Å². The molecular weight excluding hydrogens is 193 g/mol. The van der Waals surface area contributed by atoms with Gasteiger partial charge in [-0.2, -0.15) is 0 Å². The van der Waals surface area contributed by atoms with Crippen LogP contribution in [-0.2, 0) is 18.4 Å². The Hall–Kier alpha value is -1.35. The number of aromatic nitrogens is 1. The standard InChI is InChI=1S/C12H14FNO/c1-3-15-8-11-6-9-4-5-10(13)7-12(9)14(11)2/h4-7H,3,8H2,1-2H3. The quantitative estimate of drug-likeness (QED) is 0.754. The number of fused-ring (bicyclic) bond motifs is 1. The molecule has 0 radical (unpaired) electrons. The number of hydrogen-bond donors (Lipinski definition) is 0. The number of nitrogens with zero attached hydrogens (tertiary/aromatic N) is 1. The van der Waals surface area contributed by atoms with Gasteiger partial charge in [-0.15, -0.1) is 0 Å². The van der Waals surface area contributed by atoms with E-state index in [1.165, 1.54) is 6.07 Å². The molecule has 0 atom stereocenters. The first kappa shape index (κ1) is 10.2. The molecule has 1 aromatic heterocycles. The van der Waals surface area contributed by atoms with E-state index >= 15 is 0 Å². The molecule has 0 bridgehead atoms. The molecule has 0 saturated carbocycles. The lowest BCUT2D eigenvalue weighted by Crippen LogP contribution is -1.99. The fraction of sp³-hybridized carbons (Fsp3) is 0.333. The second-order valence-corrected chi connectivity index (χ2v) is 3.53. The minimum absolute atomic E-state index is 0.202. The highest BCUT2D eigenvalue weighted by Crippen LogP contribution is 2.20. The number of hydrogen-bond acceptors (Lipinski definition) is 1. The van der Waals surface area contributed by atoms with E-state index in [-0.39, 0.29) is 5.82 Å². The van der Waals surface area contributed by atoms with Crippen molar-refractivity contribution < 1.29 is 9.13 Å². The zero-order chi connectivity index (χ0) is 10.8. The summed E-state index contributed by atoms with van der Waals surface area (Å²) in [6.45, 7) is 3.22. The maximum Gasteiger partial charge on any atom is 0.125 e. The Morgan fingerprint density at radius 2 is 2.13 bits per heavy atom. The highest BCUT2D eigenvalue weighted by atomic mass is 19.1. The molecule has 0 aliphatic heterocycles. The molecule has 2 aromatic rings. The van der Waals surface area contributed by atoms with Crippen molar-refractivity contribution in [1.82, 2.24) is 4.57 Å². The predicted molar refractivity (Wildman–Crippen MR) is 58.2 cm³/mol. The van der Waals surface area contributed by atoms with E-state index in [0.29, 0.717) is 13.2 Å². The highest BCUT2D eigenvalue weighted by Gasteiger charge is 2.06. The zero-order valence-electron chi connectivity index (χ0n) is 8.96. The van der Waals surface area contributed by atoms with Crippen LogP contribution in [0.1, 0.15) is 12.6 Å². The van der Waals surface area contributed by atoms with Crippen molar-refractivity contribution in [3.8, 4) is 0 Å². The van der Waals surface area contributed by atoms with Gasteiger partial charge in [0.25, 0.3) is 0 Å². The van der Waals surface area contributed by atoms with Gasteiger partial charge >= 0.3 is 0 Å². The molecule has 0 aliphatic carbocycles. The van der Waals surface area contributed by atoms with Crippen molar-refractivity contribution >= 4 is 10.9 Å². The summed E-state index contributed by atoms with van der Waals surface area (Å²) >= 11 is 0. The molecule has 80 valence electrons. The van der Waals surface area contributed by atoms with Crippen molar-refractivity contribution in [1.29, 1.82) is 0 Å². The molecule has 0 spiro atoms. The molecule has 2 rings (SSSR count). The van der Waals surface area contributed by atoms with Crippen molar-refractivity contribution in [2.75, 3.05) is 6.61 Å². The molecule has 2 nitrogen and oxygen atoms in total. The van der Waals surface area contributed by atoms with Gasteiger partial charge in [0, 0.05) is 24.7 Å². The first-order valence-electron chi connectivity index (χ1n) is 5.04. The second-order valence-electron chi connectivity index (χ2n) is 3.53. The molecule has 0 saturated heterocycles. The van der Waals surface area contributed by atoms with Crippen molar-refractivity contribution in [2.45, 2.75) is 13.5 Å². The Labute approximate surface area is 88.3 Å². The molecule has 0 fully saturated rings. The number of ether oxygens (including phenoxy) is 1. The molecule has 0 unspecified atom stereocenters. The van der Waals surface area contributed by atoms with E-state index < -0.39 is 0 Å². The van der Waals surface area contributed by atoms with Crippen LogP contribution in [0.5, 0.6) is 0 Å². The van der Waals surface area contributed by atoms with E-state index in [2.05, 4.69) is 0 Å². The lowest BCUT2D eigenvalue weighted by molar-refractivity contribution is 0.129. The molecule has 1 aromatic carbocycles. The van der Waals surface area contributed by atoms with Gasteiger partial charge in [-0.1, -0.05) is 0 Å². The average Bonchev–Trinajstić information content (AvgIpc) is 2.53. The van der Waals surface area contributed by atoms with Gasteiger partial charge in [0.1, 0.15) is 5.82 Å². The Kier molecular flexibility index (Phi) is 2.73. The van der Waals surface area contributed by atoms with E-state index in [4.69, 9.17) is 4.74 Å². The number of benzene rings is 1. The van der Waals surface area contributed by atoms with Crippen LogP contribution < -0.4 is 0 Å². The van der Waals surface area contributed by atoms with Crippen molar-refractivity contribution in [2.24, 2.45) is 7.05 Å². The summed E-state index contributed by atoms with van der Waals surface area (Å²) in [6, 6.07) is 6.85. The van der Waals surface area contributed by atoms with Crippen LogP contribution in [-0.4, -0.2) is 11.2 Å². The first-order valence-corrected chi connectivity index (χ1v) is 5.04. The molecule has 1 heterocycles. The topological polar surface area (TPSA) is 14.2 Å². The number of halogens is 1. The molecule has 3 heteroatoms. The molecular formula is C12H14FNO. The summed E-state index contributed by atoms with van der Waals surface area (Å²) in [4.78, 5) is 0. The lowest BCUT2D eigenvalue weighted by atomic mass is 10.2.